The minimum absolute atomic E-state index is 0.269. The van der Waals surface area contributed by atoms with Gasteiger partial charge >= 0.3 is 5.97 Å². The van der Waals surface area contributed by atoms with Gasteiger partial charge in [0.2, 0.25) is 0 Å². The fraction of sp³-hybridized carbons (Fsp3) is 0.115. The fourth-order valence-corrected chi connectivity index (χ4v) is 3.76. The molecular formula is C26H23N3O4. The summed E-state index contributed by atoms with van der Waals surface area (Å²) in [6, 6.07) is 18.5. The highest BCUT2D eigenvalue weighted by Crippen LogP contribution is 2.35. The number of primary amides is 1. The predicted molar refractivity (Wildman–Crippen MR) is 128 cm³/mol. The lowest BCUT2D eigenvalue weighted by molar-refractivity contribution is 0.0600. The van der Waals surface area contributed by atoms with E-state index in [0.29, 0.717) is 17.0 Å². The number of aryl methyl sites for hydroxylation is 1. The molecule has 7 heteroatoms. The van der Waals surface area contributed by atoms with Crippen LogP contribution in [0.5, 0.6) is 5.75 Å². The standard InChI is InChI=1S/C26H23N3O4/c1-15-10-18(16-6-4-7-17(11-16)26(31)33-3)12-21-23(15)28-14-22(25(27)30)24(21)29-19-8-5-9-20(13-19)32-2/h4-14H,1-3H3,(H2,27,30)(H,28,29). The van der Waals surface area contributed by atoms with Crippen molar-refractivity contribution in [3.63, 3.8) is 0 Å². The highest BCUT2D eigenvalue weighted by molar-refractivity contribution is 6.09. The van der Waals surface area contributed by atoms with Crippen LogP contribution in [0.4, 0.5) is 11.4 Å². The van der Waals surface area contributed by atoms with Crippen molar-refractivity contribution in [2.45, 2.75) is 6.92 Å². The minimum Gasteiger partial charge on any atom is -0.497 e. The lowest BCUT2D eigenvalue weighted by atomic mass is 9.97. The van der Waals surface area contributed by atoms with E-state index in [1.54, 1.807) is 25.3 Å². The summed E-state index contributed by atoms with van der Waals surface area (Å²) in [6.45, 7) is 1.95. The molecule has 33 heavy (non-hydrogen) atoms. The molecule has 0 aliphatic heterocycles. The zero-order valence-electron chi connectivity index (χ0n) is 18.5. The molecule has 0 spiro atoms. The van der Waals surface area contributed by atoms with Crippen molar-refractivity contribution < 1.29 is 19.1 Å². The Morgan fingerprint density at radius 3 is 2.48 bits per heavy atom. The van der Waals surface area contributed by atoms with Gasteiger partial charge in [-0.1, -0.05) is 18.2 Å². The molecule has 7 nitrogen and oxygen atoms in total. The molecule has 1 amide bonds. The monoisotopic (exact) mass is 441 g/mol. The van der Waals surface area contributed by atoms with E-state index in [9.17, 15) is 9.59 Å². The third kappa shape index (κ3) is 4.34. The summed E-state index contributed by atoms with van der Waals surface area (Å²) in [5.41, 5.74) is 11.0. The maximum atomic E-state index is 12.2. The average molecular weight is 441 g/mol. The third-order valence-electron chi connectivity index (χ3n) is 5.38. The quantitative estimate of drug-likeness (QED) is 0.415. The molecule has 4 rings (SSSR count). The summed E-state index contributed by atoms with van der Waals surface area (Å²) in [6.07, 6.45) is 1.48. The lowest BCUT2D eigenvalue weighted by Gasteiger charge is -2.16. The Balaban J connectivity index is 1.92. The number of ether oxygens (including phenoxy) is 2. The average Bonchev–Trinajstić information content (AvgIpc) is 2.83. The number of aromatic nitrogens is 1. The van der Waals surface area contributed by atoms with Gasteiger partial charge in [-0.05, 0) is 60.0 Å². The van der Waals surface area contributed by atoms with Gasteiger partial charge in [-0.25, -0.2) is 4.79 Å². The second-order valence-corrected chi connectivity index (χ2v) is 7.53. The van der Waals surface area contributed by atoms with E-state index in [1.807, 2.05) is 49.4 Å². The van der Waals surface area contributed by atoms with Crippen LogP contribution in [0.1, 0.15) is 26.3 Å². The number of carbonyl (C=O) groups excluding carboxylic acids is 2. The van der Waals surface area contributed by atoms with Crippen LogP contribution in [0.3, 0.4) is 0 Å². The topological polar surface area (TPSA) is 104 Å². The molecule has 0 fully saturated rings. The summed E-state index contributed by atoms with van der Waals surface area (Å²) in [4.78, 5) is 28.7. The number of benzene rings is 3. The van der Waals surface area contributed by atoms with Gasteiger partial charge in [0.05, 0.1) is 36.6 Å². The van der Waals surface area contributed by atoms with Crippen molar-refractivity contribution in [2.75, 3.05) is 19.5 Å². The van der Waals surface area contributed by atoms with Gasteiger partial charge < -0.3 is 20.5 Å². The number of nitrogens with two attached hydrogens (primary N) is 1. The number of methoxy groups -OCH3 is 2. The number of pyridine rings is 1. The first-order valence-electron chi connectivity index (χ1n) is 10.2. The number of esters is 1. The van der Waals surface area contributed by atoms with E-state index in [2.05, 4.69) is 10.3 Å². The van der Waals surface area contributed by atoms with Crippen molar-refractivity contribution >= 4 is 34.2 Å². The van der Waals surface area contributed by atoms with Gasteiger partial charge in [-0.2, -0.15) is 0 Å². The molecule has 0 atom stereocenters. The normalized spacial score (nSPS) is 10.6. The Morgan fingerprint density at radius 2 is 1.76 bits per heavy atom. The predicted octanol–water partition coefficient (Wildman–Crippen LogP) is 4.85. The molecule has 4 aromatic rings. The van der Waals surface area contributed by atoms with E-state index in [1.165, 1.54) is 13.3 Å². The number of carbonyl (C=O) groups is 2. The molecule has 0 aliphatic carbocycles. The van der Waals surface area contributed by atoms with Crippen molar-refractivity contribution in [2.24, 2.45) is 5.73 Å². The molecule has 3 aromatic carbocycles. The summed E-state index contributed by atoms with van der Waals surface area (Å²) in [7, 11) is 2.94. The molecule has 0 saturated heterocycles. The maximum Gasteiger partial charge on any atom is 0.337 e. The molecule has 166 valence electrons. The van der Waals surface area contributed by atoms with Crippen molar-refractivity contribution in [3.8, 4) is 16.9 Å². The van der Waals surface area contributed by atoms with Crippen LogP contribution in [-0.2, 0) is 4.74 Å². The Kier molecular flexibility index (Phi) is 5.95. The molecular weight excluding hydrogens is 418 g/mol. The molecule has 3 N–H and O–H groups in total. The fourth-order valence-electron chi connectivity index (χ4n) is 3.76. The smallest absolute Gasteiger partial charge is 0.337 e. The number of fused-ring (bicyclic) bond motifs is 1. The number of nitrogens with one attached hydrogen (secondary N) is 1. The van der Waals surface area contributed by atoms with Crippen molar-refractivity contribution in [3.05, 3.63) is 83.6 Å². The summed E-state index contributed by atoms with van der Waals surface area (Å²) in [5, 5.41) is 4.05. The summed E-state index contributed by atoms with van der Waals surface area (Å²) >= 11 is 0. The van der Waals surface area contributed by atoms with Crippen molar-refractivity contribution in [1.82, 2.24) is 4.98 Å². The first-order valence-corrected chi connectivity index (χ1v) is 10.2. The summed E-state index contributed by atoms with van der Waals surface area (Å²) < 4.78 is 10.2. The van der Waals surface area contributed by atoms with Crippen LogP contribution in [0, 0.1) is 6.92 Å². The van der Waals surface area contributed by atoms with Crippen LogP contribution < -0.4 is 15.8 Å². The van der Waals surface area contributed by atoms with E-state index in [4.69, 9.17) is 15.2 Å². The molecule has 1 aromatic heterocycles. The third-order valence-corrected chi connectivity index (χ3v) is 5.38. The van der Waals surface area contributed by atoms with Gasteiger partial charge in [-0.3, -0.25) is 9.78 Å². The number of hydrogen-bond acceptors (Lipinski definition) is 6. The van der Waals surface area contributed by atoms with Gasteiger partial charge in [0.25, 0.3) is 5.91 Å². The maximum absolute atomic E-state index is 12.2. The molecule has 0 aliphatic rings. The van der Waals surface area contributed by atoms with E-state index < -0.39 is 11.9 Å². The zero-order valence-corrected chi connectivity index (χ0v) is 18.5. The van der Waals surface area contributed by atoms with Crippen LogP contribution in [0.2, 0.25) is 0 Å². The SMILES string of the molecule is COC(=O)c1cccc(-c2cc(C)c3ncc(C(N)=O)c(Nc4cccc(OC)c4)c3c2)c1. The first kappa shape index (κ1) is 21.8. The number of amides is 1. The number of rotatable bonds is 6. The first-order chi connectivity index (χ1) is 15.9. The Bertz CT molecular complexity index is 1380. The minimum atomic E-state index is -0.592. The summed E-state index contributed by atoms with van der Waals surface area (Å²) in [5.74, 6) is -0.326. The van der Waals surface area contributed by atoms with Crippen LogP contribution in [0.15, 0.2) is 66.9 Å². The lowest BCUT2D eigenvalue weighted by Crippen LogP contribution is -2.14. The number of nitrogens with zero attached hydrogens (tertiary/aromatic N) is 1. The van der Waals surface area contributed by atoms with Gasteiger partial charge in [0.15, 0.2) is 0 Å². The molecule has 1 heterocycles. The second-order valence-electron chi connectivity index (χ2n) is 7.53. The van der Waals surface area contributed by atoms with Crippen molar-refractivity contribution in [1.29, 1.82) is 0 Å². The van der Waals surface area contributed by atoms with Gasteiger partial charge in [-0.15, -0.1) is 0 Å². The highest BCUT2D eigenvalue weighted by atomic mass is 16.5. The largest absolute Gasteiger partial charge is 0.497 e. The Labute approximate surface area is 191 Å². The van der Waals surface area contributed by atoms with Crippen LogP contribution in [0.25, 0.3) is 22.0 Å². The number of hydrogen-bond donors (Lipinski definition) is 2. The molecule has 0 saturated carbocycles. The van der Waals surface area contributed by atoms with E-state index in [-0.39, 0.29) is 5.56 Å². The molecule has 0 unspecified atom stereocenters. The zero-order chi connectivity index (χ0) is 23.5. The van der Waals surface area contributed by atoms with Crippen LogP contribution in [-0.4, -0.2) is 31.1 Å². The Morgan fingerprint density at radius 1 is 0.970 bits per heavy atom. The molecule has 0 bridgehead atoms. The van der Waals surface area contributed by atoms with Gasteiger partial charge in [0.1, 0.15) is 5.75 Å². The second kappa shape index (κ2) is 9.00. The molecule has 0 radical (unpaired) electrons. The van der Waals surface area contributed by atoms with E-state index >= 15 is 0 Å². The van der Waals surface area contributed by atoms with Gasteiger partial charge in [0, 0.05) is 23.3 Å². The highest BCUT2D eigenvalue weighted by Gasteiger charge is 2.17. The number of anilines is 2. The Hall–Kier alpha value is -4.39. The van der Waals surface area contributed by atoms with E-state index in [0.717, 1.165) is 33.3 Å². The van der Waals surface area contributed by atoms with Crippen LogP contribution >= 0.6 is 0 Å².